The van der Waals surface area contributed by atoms with Crippen LogP contribution in [-0.2, 0) is 21.5 Å². The Kier molecular flexibility index (Phi) is 7.93. The van der Waals surface area contributed by atoms with Crippen LogP contribution >= 0.6 is 11.3 Å². The lowest BCUT2D eigenvalue weighted by atomic mass is 9.94. The van der Waals surface area contributed by atoms with Gasteiger partial charge in [-0.1, -0.05) is 32.9 Å². The number of amides is 1. The van der Waals surface area contributed by atoms with E-state index in [-0.39, 0.29) is 11.6 Å². The van der Waals surface area contributed by atoms with Crippen LogP contribution in [0, 0.1) is 5.41 Å². The third kappa shape index (κ3) is 7.10. The minimum absolute atomic E-state index is 0.151. The average molecular weight is 518 g/mol. The molecule has 1 atom stereocenters. The van der Waals surface area contributed by atoms with Crippen molar-refractivity contribution in [2.45, 2.75) is 33.2 Å². The Labute approximate surface area is 208 Å². The van der Waals surface area contributed by atoms with Gasteiger partial charge in [0, 0.05) is 21.9 Å². The van der Waals surface area contributed by atoms with E-state index in [9.17, 15) is 18.0 Å². The lowest BCUT2D eigenvalue weighted by Gasteiger charge is -2.23. The summed E-state index contributed by atoms with van der Waals surface area (Å²) in [6.07, 6.45) is 1.14. The minimum Gasteiger partial charge on any atom is -0.497 e. The molecule has 3 aromatic rings. The van der Waals surface area contributed by atoms with Gasteiger partial charge in [0.15, 0.2) is 6.29 Å². The SMILES string of the molecule is COc1ccc(-c2csc([C@H](Cc3ccc(NS(=O)(=O)O)cc3)NC(=O)C(C)(C)C)n2)c(C=O)c1. The first kappa shape index (κ1) is 26.3. The highest BCUT2D eigenvalue weighted by Gasteiger charge is 2.27. The Hall–Kier alpha value is -3.28. The number of rotatable bonds is 9. The molecule has 35 heavy (non-hydrogen) atoms. The van der Waals surface area contributed by atoms with Gasteiger partial charge in [-0.3, -0.25) is 18.9 Å². The van der Waals surface area contributed by atoms with E-state index in [2.05, 4.69) is 5.32 Å². The summed E-state index contributed by atoms with van der Waals surface area (Å²) in [6, 6.07) is 11.1. The summed E-state index contributed by atoms with van der Waals surface area (Å²) in [4.78, 5) is 29.1. The van der Waals surface area contributed by atoms with Gasteiger partial charge in [-0.25, -0.2) is 4.98 Å². The van der Waals surface area contributed by atoms with Crippen molar-refractivity contribution in [1.29, 1.82) is 0 Å². The normalized spacial score (nSPS) is 12.6. The molecule has 9 nitrogen and oxygen atoms in total. The summed E-state index contributed by atoms with van der Waals surface area (Å²) >= 11 is 1.37. The van der Waals surface area contributed by atoms with Crippen molar-refractivity contribution >= 4 is 39.5 Å². The Morgan fingerprint density at radius 3 is 2.46 bits per heavy atom. The number of carbonyl (C=O) groups excluding carboxylic acids is 2. The third-order valence-electron chi connectivity index (χ3n) is 5.11. The number of hydrogen-bond acceptors (Lipinski definition) is 7. The molecule has 11 heteroatoms. The molecule has 186 valence electrons. The number of hydrogen-bond donors (Lipinski definition) is 3. The van der Waals surface area contributed by atoms with Crippen LogP contribution in [0.5, 0.6) is 5.75 Å². The number of nitrogens with zero attached hydrogens (tertiary/aromatic N) is 1. The van der Waals surface area contributed by atoms with Gasteiger partial charge in [-0.05, 0) is 42.3 Å². The van der Waals surface area contributed by atoms with Gasteiger partial charge in [0.2, 0.25) is 5.91 Å². The van der Waals surface area contributed by atoms with E-state index in [1.54, 1.807) is 30.3 Å². The average Bonchev–Trinajstić information content (AvgIpc) is 3.27. The number of aldehydes is 1. The van der Waals surface area contributed by atoms with Crippen molar-refractivity contribution in [1.82, 2.24) is 10.3 Å². The van der Waals surface area contributed by atoms with E-state index in [1.165, 1.54) is 30.6 Å². The topological polar surface area (TPSA) is 135 Å². The predicted octanol–water partition coefficient (Wildman–Crippen LogP) is 4.29. The van der Waals surface area contributed by atoms with Crippen molar-refractivity contribution in [2.75, 3.05) is 11.8 Å². The van der Waals surface area contributed by atoms with Crippen LogP contribution in [0.4, 0.5) is 5.69 Å². The highest BCUT2D eigenvalue weighted by atomic mass is 32.2. The maximum absolute atomic E-state index is 12.8. The van der Waals surface area contributed by atoms with Crippen LogP contribution in [-0.4, -0.2) is 37.3 Å². The first-order chi connectivity index (χ1) is 16.4. The molecule has 1 aromatic heterocycles. The number of aromatic nitrogens is 1. The van der Waals surface area contributed by atoms with Gasteiger partial charge < -0.3 is 10.1 Å². The standard InChI is InChI=1S/C24H27N3O6S2/c1-24(2,3)23(29)26-20(11-15-5-7-17(8-6-15)27-35(30,31)32)22-25-21(14-34-22)19-10-9-18(33-4)12-16(19)13-28/h5-10,12-14,20,27H,11H2,1-4H3,(H,26,29)(H,30,31,32)/t20-/m0/s1. The van der Waals surface area contributed by atoms with Crippen LogP contribution in [0.25, 0.3) is 11.3 Å². The van der Waals surface area contributed by atoms with E-state index >= 15 is 0 Å². The molecule has 3 N–H and O–H groups in total. The third-order valence-corrected chi connectivity index (χ3v) is 6.56. The smallest absolute Gasteiger partial charge is 0.357 e. The number of benzene rings is 2. The van der Waals surface area contributed by atoms with Crippen LogP contribution in [0.15, 0.2) is 47.8 Å². The number of thiazole rings is 1. The second-order valence-electron chi connectivity index (χ2n) is 8.90. The zero-order valence-corrected chi connectivity index (χ0v) is 21.4. The van der Waals surface area contributed by atoms with Crippen molar-refractivity contribution in [3.05, 3.63) is 64.0 Å². The van der Waals surface area contributed by atoms with Gasteiger partial charge in [0.25, 0.3) is 0 Å². The fourth-order valence-corrected chi connectivity index (χ4v) is 4.54. The molecular formula is C24H27N3O6S2. The van der Waals surface area contributed by atoms with Crippen LogP contribution < -0.4 is 14.8 Å². The molecule has 0 aliphatic rings. The van der Waals surface area contributed by atoms with Crippen LogP contribution in [0.3, 0.4) is 0 Å². The van der Waals surface area contributed by atoms with E-state index in [0.29, 0.717) is 34.0 Å². The van der Waals surface area contributed by atoms with Crippen molar-refractivity contribution < 1.29 is 27.3 Å². The molecule has 2 aromatic carbocycles. The van der Waals surface area contributed by atoms with E-state index < -0.39 is 21.8 Å². The van der Waals surface area contributed by atoms with E-state index in [0.717, 1.165) is 11.8 Å². The molecule has 0 aliphatic heterocycles. The summed E-state index contributed by atoms with van der Waals surface area (Å²) in [5.41, 5.74) is 2.12. The zero-order valence-electron chi connectivity index (χ0n) is 19.7. The predicted molar refractivity (Wildman–Crippen MR) is 135 cm³/mol. The van der Waals surface area contributed by atoms with Crippen molar-refractivity contribution in [2.24, 2.45) is 5.41 Å². The second-order valence-corrected chi connectivity index (χ2v) is 10.9. The summed E-state index contributed by atoms with van der Waals surface area (Å²) in [5.74, 6) is 0.412. The zero-order chi connectivity index (χ0) is 25.8. The Balaban J connectivity index is 1.92. The first-order valence-electron chi connectivity index (χ1n) is 10.6. The quantitative estimate of drug-likeness (QED) is 0.285. The summed E-state index contributed by atoms with van der Waals surface area (Å²) in [5, 5.41) is 5.54. The van der Waals surface area contributed by atoms with E-state index in [1.807, 2.05) is 30.9 Å². The molecule has 0 spiro atoms. The fraction of sp³-hybridized carbons (Fsp3) is 0.292. The highest BCUT2D eigenvalue weighted by molar-refractivity contribution is 7.87. The number of carbonyl (C=O) groups is 2. The largest absolute Gasteiger partial charge is 0.497 e. The molecule has 0 fully saturated rings. The number of nitrogens with one attached hydrogen (secondary N) is 2. The van der Waals surface area contributed by atoms with Crippen LogP contribution in [0.1, 0.15) is 47.7 Å². The number of anilines is 1. The fourth-order valence-electron chi connectivity index (χ4n) is 3.24. The maximum Gasteiger partial charge on any atom is 0.357 e. The molecule has 0 radical (unpaired) electrons. The second kappa shape index (κ2) is 10.5. The maximum atomic E-state index is 12.8. The molecule has 0 saturated carbocycles. The van der Waals surface area contributed by atoms with E-state index in [4.69, 9.17) is 14.3 Å². The van der Waals surface area contributed by atoms with Crippen molar-refractivity contribution in [3.63, 3.8) is 0 Å². The van der Waals surface area contributed by atoms with Crippen molar-refractivity contribution in [3.8, 4) is 17.0 Å². The summed E-state index contributed by atoms with van der Waals surface area (Å²) in [7, 11) is -2.84. The van der Waals surface area contributed by atoms with Crippen LogP contribution in [0.2, 0.25) is 0 Å². The Bertz CT molecular complexity index is 1310. The molecule has 1 amide bonds. The summed E-state index contributed by atoms with van der Waals surface area (Å²) in [6.45, 7) is 5.45. The van der Waals surface area contributed by atoms with Gasteiger partial charge >= 0.3 is 10.3 Å². The summed E-state index contributed by atoms with van der Waals surface area (Å²) < 4.78 is 38.2. The van der Waals surface area contributed by atoms with Gasteiger partial charge in [0.05, 0.1) is 24.5 Å². The van der Waals surface area contributed by atoms with Gasteiger partial charge in [-0.15, -0.1) is 11.3 Å². The lowest BCUT2D eigenvalue weighted by Crippen LogP contribution is -2.38. The highest BCUT2D eigenvalue weighted by Crippen LogP contribution is 2.31. The van der Waals surface area contributed by atoms with Gasteiger partial charge in [-0.2, -0.15) is 8.42 Å². The Morgan fingerprint density at radius 2 is 1.89 bits per heavy atom. The molecule has 3 rings (SSSR count). The first-order valence-corrected chi connectivity index (χ1v) is 13.0. The molecule has 0 saturated heterocycles. The molecule has 0 aliphatic carbocycles. The molecule has 1 heterocycles. The molecule has 0 bridgehead atoms. The van der Waals surface area contributed by atoms with Gasteiger partial charge in [0.1, 0.15) is 10.8 Å². The number of methoxy groups -OCH3 is 1. The monoisotopic (exact) mass is 517 g/mol. The minimum atomic E-state index is -4.37. The number of ether oxygens (including phenoxy) is 1. The molecule has 0 unspecified atom stereocenters. The molecular weight excluding hydrogens is 490 g/mol. The lowest BCUT2D eigenvalue weighted by molar-refractivity contribution is -0.129. The Morgan fingerprint density at radius 1 is 1.20 bits per heavy atom.